The largest absolute Gasteiger partial charge is 0.483 e. The molecule has 1 spiro atoms. The summed E-state index contributed by atoms with van der Waals surface area (Å²) in [4.78, 5) is 62.6. The van der Waals surface area contributed by atoms with E-state index in [-0.39, 0.29) is 38.0 Å². The third-order valence-corrected chi connectivity index (χ3v) is 15.4. The van der Waals surface area contributed by atoms with Crippen LogP contribution in [0.4, 0.5) is 22.4 Å². The van der Waals surface area contributed by atoms with E-state index in [1.165, 1.54) is 6.92 Å². The van der Waals surface area contributed by atoms with Gasteiger partial charge in [-0.15, -0.1) is 0 Å². The predicted octanol–water partition coefficient (Wildman–Crippen LogP) is 6.46. The lowest BCUT2D eigenvalue weighted by atomic mass is 9.65. The van der Waals surface area contributed by atoms with Crippen LogP contribution in [0.2, 0.25) is 0 Å². The molecule has 3 aliphatic heterocycles. The number of nitrogens with one attached hydrogen (secondary N) is 3. The number of aromatic nitrogens is 1. The number of alkyl carbamates (subject to hydrolysis) is 1. The standard InChI is InChI=1S/C42H53F4N5O8S/c1-6-25-14-15-29-27(20-25)32-28(43)21-40(58-33(32)24(2)47-29)22-31-34(52)49-41(36(54)50-60(56,57)39(5)18-19-39)17-16-26(41)12-10-8-7-9-11-13-30(35(53)51(31)23-40)48-37(55)59-38(3,4)42(44,45)46/h10,12,14-15,20,26,28,30-31H,6-9,11,13,16-19,21-23H2,1-5H3,(H,48,55)(H,49,52)(H,50,54)/b12-10-/t26-,28?,30+,31+,40-,41-/m1/s1. The lowest BCUT2D eigenvalue weighted by molar-refractivity contribution is -0.244. The number of hydrogen-bond acceptors (Lipinski definition) is 9. The zero-order chi connectivity index (χ0) is 43.6. The van der Waals surface area contributed by atoms with E-state index in [0.717, 1.165) is 10.5 Å². The van der Waals surface area contributed by atoms with Crippen molar-refractivity contribution in [1.82, 2.24) is 25.2 Å². The third-order valence-electron chi connectivity index (χ3n) is 13.2. The molecule has 3 N–H and O–H groups in total. The molecule has 2 aliphatic carbocycles. The molecule has 4 amide bonds. The summed E-state index contributed by atoms with van der Waals surface area (Å²) in [6.07, 6.45) is -1.06. The Balaban J connectivity index is 1.27. The van der Waals surface area contributed by atoms with Crippen molar-refractivity contribution in [3.63, 3.8) is 0 Å². The van der Waals surface area contributed by atoms with E-state index < -0.39 is 85.7 Å². The van der Waals surface area contributed by atoms with Gasteiger partial charge in [-0.05, 0) is 96.8 Å². The van der Waals surface area contributed by atoms with Crippen LogP contribution < -0.4 is 20.1 Å². The average Bonchev–Trinajstić information content (AvgIpc) is 3.82. The summed E-state index contributed by atoms with van der Waals surface area (Å²) in [6, 6.07) is 2.66. The normalized spacial score (nSPS) is 30.0. The number of ether oxygens (including phenoxy) is 2. The van der Waals surface area contributed by atoms with Gasteiger partial charge in [0, 0.05) is 29.7 Å². The lowest BCUT2D eigenvalue weighted by Crippen LogP contribution is -2.70. The SMILES string of the molecule is CCc1ccc2nc(C)c3c(c2c1)C(F)C[C@]1(C[C@H]2C(=O)N[C@]4(C(=O)NS(=O)(=O)C5(C)CC5)CC[C@H]4/C=C\CCCCC[C@H](NC(=O)OC(C)(C)C(F)(F)F)C(=O)N2C1)O3. The molecule has 1 unspecified atom stereocenters. The van der Waals surface area contributed by atoms with Crippen molar-refractivity contribution in [3.05, 3.63) is 47.2 Å². The summed E-state index contributed by atoms with van der Waals surface area (Å²) in [7, 11) is -4.12. The van der Waals surface area contributed by atoms with Gasteiger partial charge in [0.05, 0.1) is 22.5 Å². The van der Waals surface area contributed by atoms with Crippen LogP contribution in [0.25, 0.3) is 10.9 Å². The zero-order valence-corrected chi connectivity index (χ0v) is 35.3. The lowest BCUT2D eigenvalue weighted by Gasteiger charge is -2.48. The van der Waals surface area contributed by atoms with Gasteiger partial charge < -0.3 is 25.0 Å². The Kier molecular flexibility index (Phi) is 11.2. The van der Waals surface area contributed by atoms with Gasteiger partial charge in [0.2, 0.25) is 27.4 Å². The van der Waals surface area contributed by atoms with Crippen LogP contribution in [0.15, 0.2) is 30.4 Å². The molecule has 5 aliphatic rings. The predicted molar refractivity (Wildman–Crippen MR) is 212 cm³/mol. The minimum absolute atomic E-state index is 0.0300. The van der Waals surface area contributed by atoms with Crippen LogP contribution in [0.3, 0.4) is 0 Å². The molecular weight excluding hydrogens is 811 g/mol. The molecule has 3 fully saturated rings. The Morgan fingerprint density at radius 2 is 1.82 bits per heavy atom. The van der Waals surface area contributed by atoms with Crippen molar-refractivity contribution in [2.75, 3.05) is 6.54 Å². The molecule has 18 heteroatoms. The summed E-state index contributed by atoms with van der Waals surface area (Å²) in [5.41, 5.74) is -3.96. The van der Waals surface area contributed by atoms with Gasteiger partial charge in [-0.1, -0.05) is 38.0 Å². The highest BCUT2D eigenvalue weighted by Gasteiger charge is 2.60. The fourth-order valence-electron chi connectivity index (χ4n) is 8.83. The molecule has 328 valence electrons. The monoisotopic (exact) mass is 863 g/mol. The summed E-state index contributed by atoms with van der Waals surface area (Å²) in [5, 5.41) is 5.71. The Morgan fingerprint density at radius 1 is 1.08 bits per heavy atom. The van der Waals surface area contributed by atoms with Crippen molar-refractivity contribution >= 4 is 44.7 Å². The van der Waals surface area contributed by atoms with E-state index >= 15 is 4.39 Å². The van der Waals surface area contributed by atoms with Crippen molar-refractivity contribution in [2.24, 2.45) is 5.92 Å². The molecule has 0 radical (unpaired) electrons. The van der Waals surface area contributed by atoms with Gasteiger partial charge in [-0.25, -0.2) is 22.6 Å². The first kappa shape index (κ1) is 43.6. The second kappa shape index (κ2) is 15.5. The summed E-state index contributed by atoms with van der Waals surface area (Å²) >= 11 is 0. The van der Waals surface area contributed by atoms with Gasteiger partial charge in [0.15, 0.2) is 0 Å². The second-order valence-electron chi connectivity index (χ2n) is 17.9. The highest BCUT2D eigenvalue weighted by atomic mass is 32.2. The summed E-state index contributed by atoms with van der Waals surface area (Å²) in [6.45, 7) is 6.15. The van der Waals surface area contributed by atoms with Gasteiger partial charge >= 0.3 is 12.3 Å². The Morgan fingerprint density at radius 3 is 2.47 bits per heavy atom. The van der Waals surface area contributed by atoms with Crippen molar-refractivity contribution in [1.29, 1.82) is 0 Å². The van der Waals surface area contributed by atoms with Gasteiger partial charge in [0.1, 0.15) is 35.1 Å². The topological polar surface area (TPSA) is 173 Å². The maximum atomic E-state index is 16.9. The van der Waals surface area contributed by atoms with Gasteiger partial charge in [-0.2, -0.15) is 13.2 Å². The van der Waals surface area contributed by atoms with Gasteiger partial charge in [0.25, 0.3) is 5.91 Å². The quantitative estimate of drug-likeness (QED) is 0.218. The number of nitrogens with zero attached hydrogens (tertiary/aromatic N) is 2. The molecule has 1 aromatic heterocycles. The number of alkyl halides is 4. The number of aryl methyl sites for hydroxylation is 2. The molecule has 60 heavy (non-hydrogen) atoms. The second-order valence-corrected chi connectivity index (χ2v) is 20.1. The molecule has 4 heterocycles. The fraction of sp³-hybridized carbons (Fsp3) is 0.643. The van der Waals surface area contributed by atoms with Crippen LogP contribution in [-0.2, 0) is 35.6 Å². The number of carbonyl (C=O) groups is 4. The van der Waals surface area contributed by atoms with Crippen LogP contribution >= 0.6 is 0 Å². The fourth-order valence-corrected chi connectivity index (χ4v) is 10.1. The van der Waals surface area contributed by atoms with Crippen LogP contribution in [0.1, 0.15) is 121 Å². The van der Waals surface area contributed by atoms with Crippen LogP contribution in [-0.4, -0.2) is 88.4 Å². The number of sulfonamides is 1. The minimum Gasteiger partial charge on any atom is -0.483 e. The third kappa shape index (κ3) is 7.92. The van der Waals surface area contributed by atoms with Gasteiger partial charge in [-0.3, -0.25) is 19.1 Å². The van der Waals surface area contributed by atoms with Crippen LogP contribution in [0, 0.1) is 12.8 Å². The van der Waals surface area contributed by atoms with E-state index in [1.54, 1.807) is 13.0 Å². The number of fused-ring (bicyclic) bond motifs is 5. The van der Waals surface area contributed by atoms with E-state index in [9.17, 15) is 40.8 Å². The zero-order valence-electron chi connectivity index (χ0n) is 34.5. The Hall–Kier alpha value is -4.48. The van der Waals surface area contributed by atoms with E-state index in [0.29, 0.717) is 87.4 Å². The maximum absolute atomic E-state index is 16.9. The molecule has 2 aromatic rings. The van der Waals surface area contributed by atoms with E-state index in [4.69, 9.17) is 9.47 Å². The average molecular weight is 864 g/mol. The molecule has 2 saturated carbocycles. The molecule has 7 rings (SSSR count). The number of amides is 4. The number of hydrogen-bond donors (Lipinski definition) is 3. The van der Waals surface area contributed by atoms with E-state index in [1.807, 2.05) is 31.2 Å². The molecule has 0 bridgehead atoms. The molecule has 13 nitrogen and oxygen atoms in total. The first-order valence-electron chi connectivity index (χ1n) is 20.7. The first-order valence-corrected chi connectivity index (χ1v) is 22.2. The van der Waals surface area contributed by atoms with Crippen molar-refractivity contribution in [2.45, 2.75) is 158 Å². The van der Waals surface area contributed by atoms with Crippen molar-refractivity contribution < 1.29 is 54.6 Å². The Bertz CT molecular complexity index is 2230. The highest BCUT2D eigenvalue weighted by molar-refractivity contribution is 7.91. The Labute approximate surface area is 346 Å². The molecule has 1 saturated heterocycles. The summed E-state index contributed by atoms with van der Waals surface area (Å²) in [5.74, 6) is -3.04. The number of carbonyl (C=O) groups excluding carboxylic acids is 4. The number of rotatable bonds is 6. The highest BCUT2D eigenvalue weighted by Crippen LogP contribution is 2.51. The molecule has 1 aromatic carbocycles. The van der Waals surface area contributed by atoms with E-state index in [2.05, 4.69) is 20.3 Å². The smallest absolute Gasteiger partial charge is 0.427 e. The number of allylic oxidation sites excluding steroid dienone is 1. The van der Waals surface area contributed by atoms with Crippen LogP contribution in [0.5, 0.6) is 5.75 Å². The number of benzene rings is 1. The minimum atomic E-state index is -4.93. The number of halogens is 4. The maximum Gasteiger partial charge on any atom is 0.427 e. The van der Waals surface area contributed by atoms with Crippen molar-refractivity contribution in [3.8, 4) is 5.75 Å². The number of pyridine rings is 1. The molecular formula is C42H53F4N5O8S. The first-order chi connectivity index (χ1) is 28.0. The molecule has 6 atom stereocenters. The summed E-state index contributed by atoms with van der Waals surface area (Å²) < 4.78 is 97.2.